The minimum Gasteiger partial charge on any atom is -0.493 e. The molecule has 0 unspecified atom stereocenters. The van der Waals surface area contributed by atoms with E-state index in [4.69, 9.17) is 9.47 Å². The molecule has 0 saturated heterocycles. The number of hydrogen-bond donors (Lipinski definition) is 1. The molecule has 0 saturated carbocycles. The molecule has 0 bridgehead atoms. The number of nitrogens with zero attached hydrogens (tertiary/aromatic N) is 3. The van der Waals surface area contributed by atoms with Crippen molar-refractivity contribution in [2.24, 2.45) is 0 Å². The number of aryl methyl sites for hydroxylation is 2. The monoisotopic (exact) mass is 416 g/mol. The van der Waals surface area contributed by atoms with E-state index in [1.54, 1.807) is 31.2 Å². The van der Waals surface area contributed by atoms with E-state index in [1.807, 2.05) is 56.3 Å². The van der Waals surface area contributed by atoms with Crippen molar-refractivity contribution in [3.63, 3.8) is 0 Å². The van der Waals surface area contributed by atoms with Gasteiger partial charge in [0.1, 0.15) is 5.82 Å². The largest absolute Gasteiger partial charge is 0.493 e. The summed E-state index contributed by atoms with van der Waals surface area (Å²) in [7, 11) is 3.20. The lowest BCUT2D eigenvalue weighted by Gasteiger charge is -2.15. The summed E-state index contributed by atoms with van der Waals surface area (Å²) in [6.07, 6.45) is 1.66. The molecule has 0 aliphatic carbocycles. The van der Waals surface area contributed by atoms with Crippen LogP contribution in [-0.2, 0) is 6.54 Å². The second-order valence-corrected chi connectivity index (χ2v) is 7.31. The van der Waals surface area contributed by atoms with Crippen LogP contribution in [0.3, 0.4) is 0 Å². The van der Waals surface area contributed by atoms with Gasteiger partial charge in [0.05, 0.1) is 38.0 Å². The predicted octanol–water partition coefficient (Wildman–Crippen LogP) is 4.37. The third-order valence-corrected chi connectivity index (χ3v) is 5.10. The average Bonchev–Trinajstić information content (AvgIpc) is 3.19. The van der Waals surface area contributed by atoms with E-state index in [1.165, 1.54) is 0 Å². The summed E-state index contributed by atoms with van der Waals surface area (Å²) < 4.78 is 12.6. The zero-order chi connectivity index (χ0) is 22.0. The van der Waals surface area contributed by atoms with Crippen molar-refractivity contribution in [2.75, 3.05) is 19.5 Å². The zero-order valence-electron chi connectivity index (χ0n) is 18.0. The first-order valence-corrected chi connectivity index (χ1v) is 9.91. The maximum absolute atomic E-state index is 13.2. The maximum Gasteiger partial charge on any atom is 0.257 e. The summed E-state index contributed by atoms with van der Waals surface area (Å²) in [4.78, 5) is 17.7. The molecule has 2 heterocycles. The highest BCUT2D eigenvalue weighted by Crippen LogP contribution is 2.31. The van der Waals surface area contributed by atoms with E-state index in [9.17, 15) is 4.79 Å². The minimum absolute atomic E-state index is 0.208. The minimum atomic E-state index is -0.208. The number of hydrogen-bond acceptors (Lipinski definition) is 5. The van der Waals surface area contributed by atoms with Gasteiger partial charge in [-0.25, -0.2) is 4.68 Å². The van der Waals surface area contributed by atoms with E-state index in [0.717, 1.165) is 27.7 Å². The lowest BCUT2D eigenvalue weighted by atomic mass is 10.0. The number of carbonyl (C=O) groups is 1. The van der Waals surface area contributed by atoms with Crippen LogP contribution in [0.5, 0.6) is 11.5 Å². The Kier molecular flexibility index (Phi) is 5.58. The number of rotatable bonds is 6. The Morgan fingerprint density at radius 2 is 1.90 bits per heavy atom. The number of carbonyl (C=O) groups excluding carboxylic acids is 1. The molecule has 0 aliphatic heterocycles. The van der Waals surface area contributed by atoms with Gasteiger partial charge in [-0.1, -0.05) is 23.8 Å². The molecule has 2 aromatic carbocycles. The zero-order valence-corrected chi connectivity index (χ0v) is 18.0. The molecule has 0 fully saturated rings. The number of fused-ring (bicyclic) bond motifs is 1. The Morgan fingerprint density at radius 3 is 2.68 bits per heavy atom. The Morgan fingerprint density at radius 1 is 1.06 bits per heavy atom. The summed E-state index contributed by atoms with van der Waals surface area (Å²) in [6.45, 7) is 4.30. The van der Waals surface area contributed by atoms with E-state index < -0.39 is 0 Å². The van der Waals surface area contributed by atoms with Gasteiger partial charge in [0.2, 0.25) is 0 Å². The summed E-state index contributed by atoms with van der Waals surface area (Å²) in [5.41, 5.74) is 4.13. The first-order valence-electron chi connectivity index (χ1n) is 9.91. The normalized spacial score (nSPS) is 10.8. The number of benzene rings is 2. The Balaban J connectivity index is 1.65. The first kappa shape index (κ1) is 20.4. The quantitative estimate of drug-likeness (QED) is 0.505. The molecule has 31 heavy (non-hydrogen) atoms. The fourth-order valence-electron chi connectivity index (χ4n) is 3.65. The Bertz CT molecular complexity index is 1260. The van der Waals surface area contributed by atoms with Gasteiger partial charge >= 0.3 is 0 Å². The highest BCUT2D eigenvalue weighted by atomic mass is 16.5. The molecular formula is C24H24N4O3. The molecule has 1 amide bonds. The molecular weight excluding hydrogens is 392 g/mol. The van der Waals surface area contributed by atoms with Crippen molar-refractivity contribution >= 4 is 22.6 Å². The number of para-hydroxylation sites is 1. The van der Waals surface area contributed by atoms with Gasteiger partial charge in [-0.15, -0.1) is 0 Å². The van der Waals surface area contributed by atoms with E-state index in [2.05, 4.69) is 15.4 Å². The molecule has 4 rings (SSSR count). The van der Waals surface area contributed by atoms with Gasteiger partial charge in [0, 0.05) is 22.7 Å². The number of nitrogens with one attached hydrogen (secondary N) is 1. The number of amides is 1. The smallest absolute Gasteiger partial charge is 0.257 e. The molecule has 4 aromatic rings. The number of methoxy groups -OCH3 is 2. The summed E-state index contributed by atoms with van der Waals surface area (Å²) in [5.74, 6) is 1.67. The molecule has 0 atom stereocenters. The van der Waals surface area contributed by atoms with E-state index >= 15 is 0 Å². The fourth-order valence-corrected chi connectivity index (χ4v) is 3.65. The van der Waals surface area contributed by atoms with E-state index in [-0.39, 0.29) is 5.91 Å². The van der Waals surface area contributed by atoms with Crippen molar-refractivity contribution in [1.82, 2.24) is 14.8 Å². The van der Waals surface area contributed by atoms with Crippen LogP contribution in [0.1, 0.15) is 27.2 Å². The molecule has 1 N–H and O–H groups in total. The standard InChI is InChI=1S/C24H24N4O3/c1-15-8-9-20-18(12-15)19(13-16(2)26-20)24(29)27-22-10-11-25-28(22)14-17-6-5-7-21(30-3)23(17)31-4/h5-13H,14H2,1-4H3,(H,27,29). The maximum atomic E-state index is 13.2. The summed E-state index contributed by atoms with van der Waals surface area (Å²) in [6, 6.07) is 15.2. The van der Waals surface area contributed by atoms with Gasteiger partial charge in [-0.05, 0) is 38.1 Å². The second kappa shape index (κ2) is 8.47. The lowest BCUT2D eigenvalue weighted by molar-refractivity contribution is 0.102. The summed E-state index contributed by atoms with van der Waals surface area (Å²) >= 11 is 0. The molecule has 158 valence electrons. The van der Waals surface area contributed by atoms with Crippen molar-refractivity contribution in [3.8, 4) is 11.5 Å². The number of ether oxygens (including phenoxy) is 2. The number of anilines is 1. The van der Waals surface area contributed by atoms with Crippen LogP contribution in [-0.4, -0.2) is 34.9 Å². The predicted molar refractivity (Wildman–Crippen MR) is 120 cm³/mol. The van der Waals surface area contributed by atoms with Gasteiger partial charge in [0.15, 0.2) is 11.5 Å². The van der Waals surface area contributed by atoms with Gasteiger partial charge in [-0.2, -0.15) is 5.10 Å². The fraction of sp³-hybridized carbons (Fsp3) is 0.208. The highest BCUT2D eigenvalue weighted by molar-refractivity contribution is 6.12. The first-order chi connectivity index (χ1) is 15.0. The highest BCUT2D eigenvalue weighted by Gasteiger charge is 2.16. The van der Waals surface area contributed by atoms with Crippen LogP contribution >= 0.6 is 0 Å². The topological polar surface area (TPSA) is 78.3 Å². The van der Waals surface area contributed by atoms with Gasteiger partial charge < -0.3 is 14.8 Å². The number of aromatic nitrogens is 3. The Hall–Kier alpha value is -3.87. The number of pyridine rings is 1. The third kappa shape index (κ3) is 4.07. The van der Waals surface area contributed by atoms with Crippen LogP contribution in [0.15, 0.2) is 54.7 Å². The average molecular weight is 416 g/mol. The van der Waals surface area contributed by atoms with Crippen molar-refractivity contribution in [3.05, 3.63) is 77.1 Å². The molecule has 2 aromatic heterocycles. The van der Waals surface area contributed by atoms with Gasteiger partial charge in [-0.3, -0.25) is 9.78 Å². The van der Waals surface area contributed by atoms with Crippen LogP contribution in [0, 0.1) is 13.8 Å². The van der Waals surface area contributed by atoms with Crippen molar-refractivity contribution in [2.45, 2.75) is 20.4 Å². The Labute approximate surface area is 180 Å². The lowest BCUT2D eigenvalue weighted by Crippen LogP contribution is -2.17. The van der Waals surface area contributed by atoms with Gasteiger partial charge in [0.25, 0.3) is 5.91 Å². The van der Waals surface area contributed by atoms with Crippen LogP contribution < -0.4 is 14.8 Å². The van der Waals surface area contributed by atoms with Crippen molar-refractivity contribution < 1.29 is 14.3 Å². The van der Waals surface area contributed by atoms with Crippen molar-refractivity contribution in [1.29, 1.82) is 0 Å². The van der Waals surface area contributed by atoms with E-state index in [0.29, 0.717) is 29.4 Å². The molecule has 7 nitrogen and oxygen atoms in total. The third-order valence-electron chi connectivity index (χ3n) is 5.10. The second-order valence-electron chi connectivity index (χ2n) is 7.31. The summed E-state index contributed by atoms with van der Waals surface area (Å²) in [5, 5.41) is 8.19. The molecule has 0 radical (unpaired) electrons. The molecule has 7 heteroatoms. The SMILES string of the molecule is COc1cccc(Cn2nccc2NC(=O)c2cc(C)nc3ccc(C)cc23)c1OC. The van der Waals surface area contributed by atoms with Crippen LogP contribution in [0.4, 0.5) is 5.82 Å². The van der Waals surface area contributed by atoms with Crippen LogP contribution in [0.2, 0.25) is 0 Å². The molecule has 0 aliphatic rings. The van der Waals surface area contributed by atoms with Crippen LogP contribution in [0.25, 0.3) is 10.9 Å². The molecule has 0 spiro atoms.